The van der Waals surface area contributed by atoms with Gasteiger partial charge in [-0.05, 0) is 41.5 Å². The summed E-state index contributed by atoms with van der Waals surface area (Å²) in [7, 11) is 0. The summed E-state index contributed by atoms with van der Waals surface area (Å²) in [4.78, 5) is 0. The highest BCUT2D eigenvalue weighted by atomic mass is 19.2. The SMILES string of the molecule is CC1(C)[C@@H](CN)[C@@H]1c1ccc(F)c(F)c1. The van der Waals surface area contributed by atoms with Crippen molar-refractivity contribution in [3.8, 4) is 0 Å². The lowest BCUT2D eigenvalue weighted by Crippen LogP contribution is -2.05. The first-order valence-electron chi connectivity index (χ1n) is 5.13. The summed E-state index contributed by atoms with van der Waals surface area (Å²) in [5, 5.41) is 0. The van der Waals surface area contributed by atoms with Gasteiger partial charge in [-0.25, -0.2) is 8.78 Å². The van der Waals surface area contributed by atoms with Crippen molar-refractivity contribution >= 4 is 0 Å². The van der Waals surface area contributed by atoms with Gasteiger partial charge in [-0.3, -0.25) is 0 Å². The van der Waals surface area contributed by atoms with Crippen LogP contribution in [0.15, 0.2) is 18.2 Å². The van der Waals surface area contributed by atoms with Gasteiger partial charge in [0.15, 0.2) is 11.6 Å². The highest BCUT2D eigenvalue weighted by molar-refractivity contribution is 5.32. The third-order valence-electron chi connectivity index (χ3n) is 3.61. The van der Waals surface area contributed by atoms with Crippen molar-refractivity contribution in [3.05, 3.63) is 35.4 Å². The van der Waals surface area contributed by atoms with E-state index in [1.165, 1.54) is 12.1 Å². The van der Waals surface area contributed by atoms with Crippen LogP contribution in [0.2, 0.25) is 0 Å². The molecular weight excluding hydrogens is 196 g/mol. The Morgan fingerprint density at radius 1 is 1.27 bits per heavy atom. The molecule has 1 aromatic rings. The Bertz CT molecular complexity index is 387. The Hall–Kier alpha value is -0.960. The minimum absolute atomic E-state index is 0.110. The number of benzene rings is 1. The topological polar surface area (TPSA) is 26.0 Å². The van der Waals surface area contributed by atoms with E-state index in [0.29, 0.717) is 12.5 Å². The van der Waals surface area contributed by atoms with E-state index in [4.69, 9.17) is 5.73 Å². The van der Waals surface area contributed by atoms with Crippen LogP contribution in [-0.4, -0.2) is 6.54 Å². The fourth-order valence-electron chi connectivity index (χ4n) is 2.55. The molecule has 1 saturated carbocycles. The lowest BCUT2D eigenvalue weighted by Gasteiger charge is -2.03. The normalized spacial score (nSPS) is 27.8. The monoisotopic (exact) mass is 211 g/mol. The largest absolute Gasteiger partial charge is 0.330 e. The van der Waals surface area contributed by atoms with Gasteiger partial charge in [-0.2, -0.15) is 0 Å². The van der Waals surface area contributed by atoms with Gasteiger partial charge < -0.3 is 5.73 Å². The Balaban J connectivity index is 2.29. The van der Waals surface area contributed by atoms with E-state index in [1.807, 2.05) is 0 Å². The molecule has 0 aromatic heterocycles. The minimum Gasteiger partial charge on any atom is -0.330 e. The van der Waals surface area contributed by atoms with Crippen molar-refractivity contribution in [1.29, 1.82) is 0 Å². The van der Waals surface area contributed by atoms with Crippen molar-refractivity contribution < 1.29 is 8.78 Å². The lowest BCUT2D eigenvalue weighted by molar-refractivity contribution is 0.505. The molecule has 0 aliphatic heterocycles. The number of hydrogen-bond donors (Lipinski definition) is 1. The van der Waals surface area contributed by atoms with E-state index < -0.39 is 11.6 Å². The number of halogens is 2. The predicted octanol–water partition coefficient (Wildman–Crippen LogP) is 2.66. The molecule has 15 heavy (non-hydrogen) atoms. The van der Waals surface area contributed by atoms with Crippen LogP contribution in [0.4, 0.5) is 8.78 Å². The first kappa shape index (κ1) is 10.6. The molecule has 1 nitrogen and oxygen atoms in total. The molecule has 1 aromatic carbocycles. The van der Waals surface area contributed by atoms with Crippen LogP contribution >= 0.6 is 0 Å². The molecule has 2 atom stereocenters. The van der Waals surface area contributed by atoms with E-state index in [-0.39, 0.29) is 11.3 Å². The molecular formula is C12H15F2N. The molecule has 1 aliphatic rings. The average molecular weight is 211 g/mol. The molecule has 0 unspecified atom stereocenters. The fourth-order valence-corrected chi connectivity index (χ4v) is 2.55. The van der Waals surface area contributed by atoms with Crippen molar-refractivity contribution in [2.45, 2.75) is 19.8 Å². The molecule has 0 bridgehead atoms. The summed E-state index contributed by atoms with van der Waals surface area (Å²) in [6, 6.07) is 4.13. The van der Waals surface area contributed by atoms with Crippen molar-refractivity contribution in [2.75, 3.05) is 6.54 Å². The summed E-state index contributed by atoms with van der Waals surface area (Å²) >= 11 is 0. The number of hydrogen-bond acceptors (Lipinski definition) is 1. The quantitative estimate of drug-likeness (QED) is 0.799. The van der Waals surface area contributed by atoms with Crippen LogP contribution in [0.1, 0.15) is 25.3 Å². The van der Waals surface area contributed by atoms with Crippen LogP contribution in [0, 0.1) is 23.0 Å². The Morgan fingerprint density at radius 3 is 2.40 bits per heavy atom. The highest BCUT2D eigenvalue weighted by Crippen LogP contribution is 2.63. The van der Waals surface area contributed by atoms with Gasteiger partial charge in [0.05, 0.1) is 0 Å². The number of rotatable bonds is 2. The molecule has 1 aliphatic carbocycles. The van der Waals surface area contributed by atoms with Gasteiger partial charge in [-0.1, -0.05) is 19.9 Å². The maximum atomic E-state index is 13.0. The highest BCUT2D eigenvalue weighted by Gasteiger charge is 2.57. The van der Waals surface area contributed by atoms with Crippen LogP contribution in [0.25, 0.3) is 0 Å². The lowest BCUT2D eigenvalue weighted by atomic mass is 10.0. The summed E-state index contributed by atoms with van der Waals surface area (Å²) in [5.74, 6) is -0.924. The Labute approximate surface area is 88.3 Å². The van der Waals surface area contributed by atoms with Crippen molar-refractivity contribution in [1.82, 2.24) is 0 Å². The molecule has 0 saturated heterocycles. The van der Waals surface area contributed by atoms with Crippen LogP contribution in [0.5, 0.6) is 0 Å². The standard InChI is InChI=1S/C12H15F2N/c1-12(2)8(6-15)11(12)7-3-4-9(13)10(14)5-7/h3-5,8,11H,6,15H2,1-2H3/t8-,11-/m0/s1. The summed E-state index contributed by atoms with van der Waals surface area (Å²) in [6.07, 6.45) is 0. The maximum absolute atomic E-state index is 13.0. The Kier molecular flexibility index (Phi) is 2.30. The van der Waals surface area contributed by atoms with Gasteiger partial charge >= 0.3 is 0 Å². The summed E-state index contributed by atoms with van der Waals surface area (Å²) < 4.78 is 25.8. The molecule has 1 fully saturated rings. The van der Waals surface area contributed by atoms with Gasteiger partial charge in [0.2, 0.25) is 0 Å². The molecule has 0 amide bonds. The minimum atomic E-state index is -0.790. The van der Waals surface area contributed by atoms with E-state index in [9.17, 15) is 8.78 Å². The van der Waals surface area contributed by atoms with Crippen LogP contribution in [-0.2, 0) is 0 Å². The van der Waals surface area contributed by atoms with Crippen LogP contribution < -0.4 is 5.73 Å². The van der Waals surface area contributed by atoms with Gasteiger partial charge in [0, 0.05) is 0 Å². The van der Waals surface area contributed by atoms with Crippen LogP contribution in [0.3, 0.4) is 0 Å². The van der Waals surface area contributed by atoms with Gasteiger partial charge in [-0.15, -0.1) is 0 Å². The van der Waals surface area contributed by atoms with Crippen molar-refractivity contribution in [2.24, 2.45) is 17.1 Å². The third kappa shape index (κ3) is 1.55. The van der Waals surface area contributed by atoms with E-state index in [0.717, 1.165) is 5.56 Å². The average Bonchev–Trinajstić information content (AvgIpc) is 2.73. The Morgan fingerprint density at radius 2 is 1.93 bits per heavy atom. The molecule has 2 N–H and O–H groups in total. The molecule has 0 heterocycles. The zero-order chi connectivity index (χ0) is 11.2. The molecule has 0 spiro atoms. The molecule has 0 radical (unpaired) electrons. The molecule has 2 rings (SSSR count). The summed E-state index contributed by atoms with van der Waals surface area (Å²) in [5.41, 5.74) is 6.60. The first-order valence-corrected chi connectivity index (χ1v) is 5.13. The first-order chi connectivity index (χ1) is 6.98. The van der Waals surface area contributed by atoms with E-state index in [1.54, 1.807) is 6.07 Å². The zero-order valence-electron chi connectivity index (χ0n) is 8.93. The smallest absolute Gasteiger partial charge is 0.159 e. The second-order valence-corrected chi connectivity index (χ2v) is 4.81. The van der Waals surface area contributed by atoms with Gasteiger partial charge in [0.1, 0.15) is 0 Å². The maximum Gasteiger partial charge on any atom is 0.159 e. The molecule has 82 valence electrons. The zero-order valence-corrected chi connectivity index (χ0v) is 8.93. The van der Waals surface area contributed by atoms with E-state index in [2.05, 4.69) is 13.8 Å². The second-order valence-electron chi connectivity index (χ2n) is 4.81. The number of nitrogens with two attached hydrogens (primary N) is 1. The van der Waals surface area contributed by atoms with Gasteiger partial charge in [0.25, 0.3) is 0 Å². The van der Waals surface area contributed by atoms with Crippen molar-refractivity contribution in [3.63, 3.8) is 0 Å². The summed E-state index contributed by atoms with van der Waals surface area (Å²) in [6.45, 7) is 4.81. The predicted molar refractivity (Wildman–Crippen MR) is 55.4 cm³/mol. The third-order valence-corrected chi connectivity index (χ3v) is 3.61. The molecule has 3 heteroatoms. The fraction of sp³-hybridized carbons (Fsp3) is 0.500. The second kappa shape index (κ2) is 3.27. The van der Waals surface area contributed by atoms with E-state index >= 15 is 0 Å².